The van der Waals surface area contributed by atoms with Crippen LogP contribution >= 0.6 is 11.3 Å². The lowest BCUT2D eigenvalue weighted by Gasteiger charge is -2.10. The molecule has 1 aromatic carbocycles. The van der Waals surface area contributed by atoms with E-state index in [-0.39, 0.29) is 24.6 Å². The van der Waals surface area contributed by atoms with Gasteiger partial charge in [-0.3, -0.25) is 4.79 Å². The number of aromatic nitrogens is 1. The molecule has 2 aromatic rings. The maximum absolute atomic E-state index is 11.9. The van der Waals surface area contributed by atoms with Crippen molar-refractivity contribution >= 4 is 28.9 Å². The lowest BCUT2D eigenvalue weighted by molar-refractivity contribution is -0.137. The number of hydrogen-bond acceptors (Lipinski definition) is 6. The van der Waals surface area contributed by atoms with Crippen LogP contribution in [0.3, 0.4) is 0 Å². The van der Waals surface area contributed by atoms with Gasteiger partial charge < -0.3 is 4.74 Å². The Kier molecular flexibility index (Phi) is 4.47. The molecule has 23 heavy (non-hydrogen) atoms. The first-order valence-electron chi connectivity index (χ1n) is 7.16. The SMILES string of the molecule is Cc1ccc(-c2nc(COC(=O)C3=NNC(=O)CC3)cs2)cc1. The summed E-state index contributed by atoms with van der Waals surface area (Å²) in [6, 6.07) is 8.10. The fraction of sp³-hybridized carbons (Fsp3) is 0.250. The zero-order valence-corrected chi connectivity index (χ0v) is 13.4. The van der Waals surface area contributed by atoms with E-state index in [1.807, 2.05) is 36.6 Å². The third-order valence-electron chi connectivity index (χ3n) is 3.34. The fourth-order valence-corrected chi connectivity index (χ4v) is 2.86. The van der Waals surface area contributed by atoms with Crippen molar-refractivity contribution in [1.29, 1.82) is 0 Å². The summed E-state index contributed by atoms with van der Waals surface area (Å²) in [7, 11) is 0. The Labute approximate surface area is 137 Å². The first-order chi connectivity index (χ1) is 11.1. The number of amides is 1. The van der Waals surface area contributed by atoms with E-state index in [1.54, 1.807) is 0 Å². The van der Waals surface area contributed by atoms with Gasteiger partial charge in [0.05, 0.1) is 5.69 Å². The van der Waals surface area contributed by atoms with Crippen LogP contribution < -0.4 is 5.43 Å². The number of benzene rings is 1. The van der Waals surface area contributed by atoms with E-state index in [0.717, 1.165) is 10.6 Å². The summed E-state index contributed by atoms with van der Waals surface area (Å²) in [5.74, 6) is -0.710. The molecule has 0 fully saturated rings. The van der Waals surface area contributed by atoms with E-state index < -0.39 is 5.97 Å². The third kappa shape index (κ3) is 3.81. The third-order valence-corrected chi connectivity index (χ3v) is 4.28. The number of nitrogens with zero attached hydrogens (tertiary/aromatic N) is 2. The molecule has 6 nitrogen and oxygen atoms in total. The van der Waals surface area contributed by atoms with Gasteiger partial charge in [0.25, 0.3) is 0 Å². The van der Waals surface area contributed by atoms with Crippen LogP contribution in [0.2, 0.25) is 0 Å². The molecule has 0 bridgehead atoms. The number of rotatable bonds is 4. The smallest absolute Gasteiger partial charge is 0.354 e. The van der Waals surface area contributed by atoms with E-state index in [0.29, 0.717) is 12.1 Å². The molecule has 0 spiro atoms. The molecule has 7 heteroatoms. The Morgan fingerprint density at radius 3 is 2.78 bits per heavy atom. The monoisotopic (exact) mass is 329 g/mol. The van der Waals surface area contributed by atoms with Crippen LogP contribution in [-0.4, -0.2) is 22.6 Å². The van der Waals surface area contributed by atoms with Crippen molar-refractivity contribution in [3.8, 4) is 10.6 Å². The molecular formula is C16H15N3O3S. The molecule has 1 aliphatic heterocycles. The van der Waals surface area contributed by atoms with E-state index in [9.17, 15) is 9.59 Å². The Morgan fingerprint density at radius 1 is 1.30 bits per heavy atom. The van der Waals surface area contributed by atoms with Gasteiger partial charge in [-0.15, -0.1) is 11.3 Å². The quantitative estimate of drug-likeness (QED) is 0.874. The van der Waals surface area contributed by atoms with Crippen LogP contribution in [-0.2, 0) is 20.9 Å². The minimum Gasteiger partial charge on any atom is -0.455 e. The lowest BCUT2D eigenvalue weighted by atomic mass is 10.2. The predicted octanol–water partition coefficient (Wildman–Crippen LogP) is 2.43. The lowest BCUT2D eigenvalue weighted by Crippen LogP contribution is -2.30. The van der Waals surface area contributed by atoms with Gasteiger partial charge in [-0.2, -0.15) is 5.10 Å². The normalized spacial score (nSPS) is 14.1. The predicted molar refractivity (Wildman–Crippen MR) is 86.9 cm³/mol. The minimum atomic E-state index is -0.519. The summed E-state index contributed by atoms with van der Waals surface area (Å²) < 4.78 is 5.19. The number of thiazole rings is 1. The van der Waals surface area contributed by atoms with Crippen molar-refractivity contribution < 1.29 is 14.3 Å². The van der Waals surface area contributed by atoms with Crippen molar-refractivity contribution in [3.05, 3.63) is 40.9 Å². The molecule has 1 aliphatic rings. The summed E-state index contributed by atoms with van der Waals surface area (Å²) in [4.78, 5) is 27.3. The molecule has 0 atom stereocenters. The van der Waals surface area contributed by atoms with Gasteiger partial charge in [-0.1, -0.05) is 29.8 Å². The minimum absolute atomic E-state index is 0.0914. The second-order valence-corrected chi connectivity index (χ2v) is 6.04. The number of nitrogens with one attached hydrogen (secondary N) is 1. The van der Waals surface area contributed by atoms with Gasteiger partial charge in [0.2, 0.25) is 5.91 Å². The zero-order valence-electron chi connectivity index (χ0n) is 12.5. The Hall–Kier alpha value is -2.54. The van der Waals surface area contributed by atoms with Crippen LogP contribution in [0.1, 0.15) is 24.1 Å². The number of hydrogen-bond donors (Lipinski definition) is 1. The van der Waals surface area contributed by atoms with E-state index >= 15 is 0 Å². The maximum Gasteiger partial charge on any atom is 0.354 e. The summed E-state index contributed by atoms with van der Waals surface area (Å²) in [5.41, 5.74) is 5.44. The van der Waals surface area contributed by atoms with Gasteiger partial charge in [-0.25, -0.2) is 15.2 Å². The Balaban J connectivity index is 1.60. The van der Waals surface area contributed by atoms with Crippen molar-refractivity contribution in [2.45, 2.75) is 26.4 Å². The molecular weight excluding hydrogens is 314 g/mol. The average molecular weight is 329 g/mol. The molecule has 1 aromatic heterocycles. The van der Waals surface area contributed by atoms with Crippen LogP contribution in [0.15, 0.2) is 34.7 Å². The van der Waals surface area contributed by atoms with Gasteiger partial charge in [-0.05, 0) is 6.92 Å². The largest absolute Gasteiger partial charge is 0.455 e. The van der Waals surface area contributed by atoms with Crippen molar-refractivity contribution in [2.75, 3.05) is 0 Å². The molecule has 0 unspecified atom stereocenters. The summed E-state index contributed by atoms with van der Waals surface area (Å²) in [5, 5.41) is 6.46. The summed E-state index contributed by atoms with van der Waals surface area (Å²) in [6.45, 7) is 2.13. The molecule has 0 saturated carbocycles. The van der Waals surface area contributed by atoms with Crippen LogP contribution in [0, 0.1) is 6.92 Å². The topological polar surface area (TPSA) is 80.7 Å². The Morgan fingerprint density at radius 2 is 2.09 bits per heavy atom. The highest BCUT2D eigenvalue weighted by atomic mass is 32.1. The van der Waals surface area contributed by atoms with E-state index in [2.05, 4.69) is 15.5 Å². The molecule has 0 radical (unpaired) electrons. The van der Waals surface area contributed by atoms with Crippen LogP contribution in [0.4, 0.5) is 0 Å². The fourth-order valence-electron chi connectivity index (χ4n) is 2.05. The molecule has 1 amide bonds. The number of aryl methyl sites for hydroxylation is 1. The molecule has 0 saturated heterocycles. The first kappa shape index (κ1) is 15.4. The number of carbonyl (C=O) groups is 2. The second-order valence-electron chi connectivity index (χ2n) is 5.18. The van der Waals surface area contributed by atoms with Crippen molar-refractivity contribution in [3.63, 3.8) is 0 Å². The van der Waals surface area contributed by atoms with Gasteiger partial charge in [0.1, 0.15) is 17.3 Å². The highest BCUT2D eigenvalue weighted by Gasteiger charge is 2.19. The van der Waals surface area contributed by atoms with E-state index in [4.69, 9.17) is 4.74 Å². The van der Waals surface area contributed by atoms with Crippen molar-refractivity contribution in [1.82, 2.24) is 10.4 Å². The molecule has 0 aliphatic carbocycles. The maximum atomic E-state index is 11.9. The van der Waals surface area contributed by atoms with Crippen molar-refractivity contribution in [2.24, 2.45) is 5.10 Å². The summed E-state index contributed by atoms with van der Waals surface area (Å²) in [6.07, 6.45) is 0.554. The highest BCUT2D eigenvalue weighted by Crippen LogP contribution is 2.24. The Bertz CT molecular complexity index is 765. The number of carbonyl (C=O) groups excluding carboxylic acids is 2. The molecule has 3 rings (SSSR count). The van der Waals surface area contributed by atoms with Gasteiger partial charge >= 0.3 is 5.97 Å². The zero-order chi connectivity index (χ0) is 16.2. The average Bonchev–Trinajstić information content (AvgIpc) is 3.03. The molecule has 118 valence electrons. The molecule has 2 heterocycles. The highest BCUT2D eigenvalue weighted by molar-refractivity contribution is 7.13. The van der Waals surface area contributed by atoms with E-state index in [1.165, 1.54) is 16.9 Å². The van der Waals surface area contributed by atoms with Gasteiger partial charge in [0.15, 0.2) is 0 Å². The first-order valence-corrected chi connectivity index (χ1v) is 8.04. The summed E-state index contributed by atoms with van der Waals surface area (Å²) >= 11 is 1.51. The second kappa shape index (κ2) is 6.70. The number of ether oxygens (including phenoxy) is 1. The number of hydrazone groups is 1. The standard InChI is InChI=1S/C16H15N3O3S/c1-10-2-4-11(5-3-10)15-17-12(9-23-15)8-22-16(21)13-6-7-14(20)19-18-13/h2-5,9H,6-8H2,1H3,(H,19,20). The van der Waals surface area contributed by atoms with Crippen LogP contribution in [0.25, 0.3) is 10.6 Å². The van der Waals surface area contributed by atoms with Gasteiger partial charge in [0, 0.05) is 23.8 Å². The number of esters is 1. The molecule has 1 N–H and O–H groups in total. The van der Waals surface area contributed by atoms with Crippen LogP contribution in [0.5, 0.6) is 0 Å².